The van der Waals surface area contributed by atoms with Crippen molar-refractivity contribution in [3.05, 3.63) is 24.0 Å². The smallest absolute Gasteiger partial charge is 0.370 e. The van der Waals surface area contributed by atoms with Crippen LogP contribution in [0.15, 0.2) is 24.0 Å². The number of ether oxygens (including phenoxy) is 2. The molecule has 0 fully saturated rings. The van der Waals surface area contributed by atoms with E-state index in [-0.39, 0.29) is 12.0 Å². The first kappa shape index (κ1) is 15.7. The van der Waals surface area contributed by atoms with Gasteiger partial charge in [-0.05, 0) is 6.42 Å². The molecule has 1 aliphatic rings. The summed E-state index contributed by atoms with van der Waals surface area (Å²) >= 11 is 0. The van der Waals surface area contributed by atoms with Gasteiger partial charge in [0.25, 0.3) is 0 Å². The molecule has 1 rings (SSSR count). The average Bonchev–Trinajstić information content (AvgIpc) is 2.36. The summed E-state index contributed by atoms with van der Waals surface area (Å²) in [4.78, 5) is 34.6. The molecule has 0 atom stereocenters. The van der Waals surface area contributed by atoms with Gasteiger partial charge in [0, 0.05) is 31.8 Å². The lowest BCUT2D eigenvalue weighted by Gasteiger charge is -2.38. The van der Waals surface area contributed by atoms with Crippen molar-refractivity contribution in [3.8, 4) is 0 Å². The molecular weight excluding hydrogens is 268 g/mol. The lowest BCUT2D eigenvalue weighted by molar-refractivity contribution is -0.280. The van der Waals surface area contributed by atoms with Crippen molar-refractivity contribution in [2.45, 2.75) is 26.2 Å². The number of primary amides is 1. The molecule has 8 heteroatoms. The number of hydrogen-bond acceptors (Lipinski definition) is 7. The van der Waals surface area contributed by atoms with Crippen LogP contribution in [0, 0.1) is 0 Å². The second-order valence-electron chi connectivity index (χ2n) is 4.07. The molecule has 8 nitrogen and oxygen atoms in total. The van der Waals surface area contributed by atoms with Crippen molar-refractivity contribution in [1.82, 2.24) is 4.90 Å². The van der Waals surface area contributed by atoms with Crippen LogP contribution in [-0.2, 0) is 23.9 Å². The summed E-state index contributed by atoms with van der Waals surface area (Å²) in [6, 6.07) is 0. The monoisotopic (exact) mass is 284 g/mol. The summed E-state index contributed by atoms with van der Waals surface area (Å²) in [5, 5.41) is 9.48. The molecule has 0 radical (unpaired) electrons. The topological polar surface area (TPSA) is 119 Å². The fourth-order valence-electron chi connectivity index (χ4n) is 1.65. The number of carbonyl (C=O) groups excluding carboxylic acids is 3. The minimum Gasteiger partial charge on any atom is -0.401 e. The van der Waals surface area contributed by atoms with E-state index in [1.165, 1.54) is 12.4 Å². The molecule has 1 aliphatic heterocycles. The summed E-state index contributed by atoms with van der Waals surface area (Å²) in [5.41, 5.74) is 5.38. The average molecular weight is 284 g/mol. The summed E-state index contributed by atoms with van der Waals surface area (Å²) < 4.78 is 9.82. The van der Waals surface area contributed by atoms with Crippen LogP contribution in [0.25, 0.3) is 0 Å². The standard InChI is InChI=1S/C12H16N2O6/c1-8(16)19-12(7-15,20-9(2)17)14-5-3-4-10(6-14)11(13)18/h3,5-6,15H,4,7H2,1-2H3,(H2,13,18). The first-order valence-electron chi connectivity index (χ1n) is 5.76. The zero-order valence-corrected chi connectivity index (χ0v) is 11.2. The molecule has 110 valence electrons. The van der Waals surface area contributed by atoms with E-state index in [0.717, 1.165) is 18.7 Å². The van der Waals surface area contributed by atoms with E-state index in [2.05, 4.69) is 0 Å². The highest BCUT2D eigenvalue weighted by atomic mass is 16.8. The number of carbonyl (C=O) groups is 3. The number of hydrogen-bond donors (Lipinski definition) is 2. The van der Waals surface area contributed by atoms with Gasteiger partial charge in [-0.2, -0.15) is 0 Å². The lowest BCUT2D eigenvalue weighted by Crippen LogP contribution is -2.53. The summed E-state index contributed by atoms with van der Waals surface area (Å²) in [6.07, 6.45) is 4.50. The van der Waals surface area contributed by atoms with Gasteiger partial charge in [-0.15, -0.1) is 0 Å². The Bertz CT molecular complexity index is 466. The fourth-order valence-corrected chi connectivity index (χ4v) is 1.65. The van der Waals surface area contributed by atoms with Crippen molar-refractivity contribution < 1.29 is 29.0 Å². The Labute approximate surface area is 115 Å². The van der Waals surface area contributed by atoms with E-state index < -0.39 is 30.4 Å². The van der Waals surface area contributed by atoms with Gasteiger partial charge in [0.1, 0.15) is 6.61 Å². The maximum Gasteiger partial charge on any atom is 0.370 e. The number of nitrogens with two attached hydrogens (primary N) is 1. The highest BCUT2D eigenvalue weighted by molar-refractivity contribution is 5.92. The van der Waals surface area contributed by atoms with E-state index in [9.17, 15) is 19.5 Å². The summed E-state index contributed by atoms with van der Waals surface area (Å²) in [6.45, 7) is 1.37. The Hall–Kier alpha value is -2.35. The van der Waals surface area contributed by atoms with Gasteiger partial charge in [0.15, 0.2) is 0 Å². The molecule has 0 aliphatic carbocycles. The van der Waals surface area contributed by atoms with Gasteiger partial charge in [-0.25, -0.2) is 0 Å². The Morgan fingerprint density at radius 2 is 1.90 bits per heavy atom. The number of aliphatic hydroxyl groups excluding tert-OH is 1. The summed E-state index contributed by atoms with van der Waals surface area (Å²) in [5.74, 6) is -4.27. The Balaban J connectivity index is 3.17. The molecule has 0 saturated heterocycles. The third-order valence-corrected chi connectivity index (χ3v) is 2.41. The number of amides is 1. The third-order valence-electron chi connectivity index (χ3n) is 2.41. The van der Waals surface area contributed by atoms with Crippen LogP contribution in [0.2, 0.25) is 0 Å². The van der Waals surface area contributed by atoms with Gasteiger partial charge in [-0.3, -0.25) is 19.3 Å². The van der Waals surface area contributed by atoms with E-state index in [1.807, 2.05) is 0 Å². The van der Waals surface area contributed by atoms with Crippen LogP contribution in [0.5, 0.6) is 0 Å². The van der Waals surface area contributed by atoms with E-state index in [4.69, 9.17) is 15.2 Å². The van der Waals surface area contributed by atoms with Gasteiger partial charge < -0.3 is 20.3 Å². The van der Waals surface area contributed by atoms with Crippen LogP contribution in [0.1, 0.15) is 20.3 Å². The first-order valence-corrected chi connectivity index (χ1v) is 5.76. The maximum absolute atomic E-state index is 11.2. The van der Waals surface area contributed by atoms with Crippen molar-refractivity contribution in [3.63, 3.8) is 0 Å². The predicted molar refractivity (Wildman–Crippen MR) is 66.2 cm³/mol. The third kappa shape index (κ3) is 3.58. The lowest BCUT2D eigenvalue weighted by atomic mass is 10.1. The molecule has 3 N–H and O–H groups in total. The minimum absolute atomic E-state index is 0.213. The first-order chi connectivity index (χ1) is 9.30. The van der Waals surface area contributed by atoms with Crippen molar-refractivity contribution in [1.29, 1.82) is 0 Å². The van der Waals surface area contributed by atoms with Crippen LogP contribution < -0.4 is 5.73 Å². The van der Waals surface area contributed by atoms with Crippen LogP contribution in [0.4, 0.5) is 0 Å². The highest BCUT2D eigenvalue weighted by Gasteiger charge is 2.42. The second-order valence-corrected chi connectivity index (χ2v) is 4.07. The van der Waals surface area contributed by atoms with Crippen LogP contribution in [-0.4, -0.2) is 40.4 Å². The van der Waals surface area contributed by atoms with Crippen molar-refractivity contribution >= 4 is 17.8 Å². The molecule has 0 spiro atoms. The van der Waals surface area contributed by atoms with Gasteiger partial charge in [-0.1, -0.05) is 6.08 Å². The molecule has 0 saturated carbocycles. The number of rotatable bonds is 5. The Morgan fingerprint density at radius 3 is 2.30 bits per heavy atom. The highest BCUT2D eigenvalue weighted by Crippen LogP contribution is 2.25. The molecule has 0 aromatic rings. The molecule has 0 aromatic carbocycles. The quantitative estimate of drug-likeness (QED) is 0.508. The Kier molecular flexibility index (Phi) is 4.87. The van der Waals surface area contributed by atoms with E-state index in [1.54, 1.807) is 6.08 Å². The maximum atomic E-state index is 11.2. The number of aliphatic hydroxyl groups is 1. The molecule has 0 unspecified atom stereocenters. The molecule has 1 heterocycles. The SMILES string of the molecule is CC(=O)OC(CO)(OC(C)=O)N1C=CCC(C(N)=O)=C1. The van der Waals surface area contributed by atoms with E-state index in [0.29, 0.717) is 0 Å². The zero-order valence-electron chi connectivity index (χ0n) is 11.2. The van der Waals surface area contributed by atoms with Gasteiger partial charge in [0.2, 0.25) is 5.91 Å². The minimum atomic E-state index is -2.06. The number of allylic oxidation sites excluding steroid dienone is 1. The second kappa shape index (κ2) is 6.20. The van der Waals surface area contributed by atoms with Crippen molar-refractivity contribution in [2.24, 2.45) is 5.73 Å². The predicted octanol–water partition coefficient (Wildman–Crippen LogP) is -0.653. The molecular formula is C12H16N2O6. The molecule has 1 amide bonds. The van der Waals surface area contributed by atoms with Crippen LogP contribution in [0.3, 0.4) is 0 Å². The van der Waals surface area contributed by atoms with Crippen LogP contribution >= 0.6 is 0 Å². The van der Waals surface area contributed by atoms with Gasteiger partial charge in [0.05, 0.1) is 0 Å². The molecule has 0 bridgehead atoms. The van der Waals surface area contributed by atoms with Crippen molar-refractivity contribution in [2.75, 3.05) is 6.61 Å². The largest absolute Gasteiger partial charge is 0.401 e. The zero-order chi connectivity index (χ0) is 15.3. The molecule has 0 aromatic heterocycles. The van der Waals surface area contributed by atoms with E-state index >= 15 is 0 Å². The number of esters is 2. The number of nitrogens with zero attached hydrogens (tertiary/aromatic N) is 1. The molecule has 20 heavy (non-hydrogen) atoms. The summed E-state index contributed by atoms with van der Waals surface area (Å²) in [7, 11) is 0. The van der Waals surface area contributed by atoms with Gasteiger partial charge >= 0.3 is 17.8 Å². The fraction of sp³-hybridized carbons (Fsp3) is 0.417. The Morgan fingerprint density at radius 1 is 1.35 bits per heavy atom. The normalized spacial score (nSPS) is 14.6.